The molecular formula is C11H16ClN3. The van der Waals surface area contributed by atoms with Crippen LogP contribution in [0.1, 0.15) is 20.3 Å². The summed E-state index contributed by atoms with van der Waals surface area (Å²) in [6.45, 7) is 6.40. The zero-order chi connectivity index (χ0) is 10.8. The molecule has 1 N–H and O–H groups in total. The molecule has 82 valence electrons. The highest BCUT2D eigenvalue weighted by Gasteiger charge is 2.18. The first-order valence-electron chi connectivity index (χ1n) is 5.34. The van der Waals surface area contributed by atoms with Crippen LogP contribution >= 0.6 is 11.6 Å². The lowest BCUT2D eigenvalue weighted by Crippen LogP contribution is -2.31. The monoisotopic (exact) mass is 225 g/mol. The van der Waals surface area contributed by atoms with E-state index in [1.807, 2.05) is 6.07 Å². The number of anilines is 2. The summed E-state index contributed by atoms with van der Waals surface area (Å²) in [5, 5.41) is 4.05. The molecule has 0 saturated carbocycles. The third kappa shape index (κ3) is 2.17. The van der Waals surface area contributed by atoms with Crippen molar-refractivity contribution in [3.05, 3.63) is 17.3 Å². The van der Waals surface area contributed by atoms with Crippen molar-refractivity contribution in [2.24, 2.45) is 0 Å². The zero-order valence-corrected chi connectivity index (χ0v) is 9.88. The summed E-state index contributed by atoms with van der Waals surface area (Å²) >= 11 is 5.94. The van der Waals surface area contributed by atoms with Crippen molar-refractivity contribution in [3.8, 4) is 0 Å². The van der Waals surface area contributed by atoms with Gasteiger partial charge in [-0.3, -0.25) is 0 Å². The summed E-state index contributed by atoms with van der Waals surface area (Å²) in [5.74, 6) is 1.02. The van der Waals surface area contributed by atoms with Crippen LogP contribution < -0.4 is 10.2 Å². The van der Waals surface area contributed by atoms with Gasteiger partial charge >= 0.3 is 0 Å². The number of rotatable bonds is 1. The number of hydrogen-bond acceptors (Lipinski definition) is 3. The van der Waals surface area contributed by atoms with Gasteiger partial charge in [-0.05, 0) is 26.3 Å². The molecule has 0 aromatic carbocycles. The first-order valence-corrected chi connectivity index (χ1v) is 5.72. The molecular weight excluding hydrogens is 210 g/mol. The zero-order valence-electron chi connectivity index (χ0n) is 9.13. The number of fused-ring (bicyclic) bond motifs is 1. The predicted octanol–water partition coefficient (Wildman–Crippen LogP) is 2.77. The second-order valence-electron chi connectivity index (χ2n) is 4.09. The van der Waals surface area contributed by atoms with Crippen LogP contribution in [-0.2, 0) is 0 Å². The van der Waals surface area contributed by atoms with Crippen molar-refractivity contribution in [1.29, 1.82) is 0 Å². The molecule has 0 saturated heterocycles. The van der Waals surface area contributed by atoms with Crippen molar-refractivity contribution in [2.75, 3.05) is 23.3 Å². The van der Waals surface area contributed by atoms with Gasteiger partial charge in [0.1, 0.15) is 0 Å². The maximum atomic E-state index is 5.94. The molecule has 1 aromatic heterocycles. The number of nitrogens with zero attached hydrogens (tertiary/aromatic N) is 2. The summed E-state index contributed by atoms with van der Waals surface area (Å²) in [7, 11) is 0. The topological polar surface area (TPSA) is 28.2 Å². The molecule has 0 amide bonds. The molecule has 2 rings (SSSR count). The lowest BCUT2D eigenvalue weighted by Gasteiger charge is -2.27. The Labute approximate surface area is 95.4 Å². The smallest absolute Gasteiger partial charge is 0.152 e. The first kappa shape index (κ1) is 10.6. The molecule has 3 nitrogen and oxygen atoms in total. The number of aromatic nitrogens is 1. The molecule has 2 heterocycles. The van der Waals surface area contributed by atoms with Gasteiger partial charge in [-0.15, -0.1) is 0 Å². The van der Waals surface area contributed by atoms with E-state index >= 15 is 0 Å². The second-order valence-corrected chi connectivity index (χ2v) is 4.53. The highest BCUT2D eigenvalue weighted by molar-refractivity contribution is 6.30. The molecule has 0 atom stereocenters. The van der Waals surface area contributed by atoms with Crippen molar-refractivity contribution >= 4 is 23.1 Å². The van der Waals surface area contributed by atoms with Crippen LogP contribution in [0.5, 0.6) is 0 Å². The van der Waals surface area contributed by atoms with Crippen LogP contribution in [0.25, 0.3) is 0 Å². The van der Waals surface area contributed by atoms with Gasteiger partial charge in [0.25, 0.3) is 0 Å². The molecule has 1 aliphatic heterocycles. The number of halogens is 1. The Kier molecular flexibility index (Phi) is 3.00. The highest BCUT2D eigenvalue weighted by Crippen LogP contribution is 2.29. The van der Waals surface area contributed by atoms with E-state index in [0.717, 1.165) is 31.0 Å². The summed E-state index contributed by atoms with van der Waals surface area (Å²) in [4.78, 5) is 6.72. The van der Waals surface area contributed by atoms with E-state index in [4.69, 9.17) is 11.6 Å². The van der Waals surface area contributed by atoms with E-state index in [2.05, 4.69) is 29.0 Å². The Hall–Kier alpha value is -0.960. The summed E-state index contributed by atoms with van der Waals surface area (Å²) in [6.07, 6.45) is 2.84. The predicted molar refractivity (Wildman–Crippen MR) is 64.8 cm³/mol. The van der Waals surface area contributed by atoms with Crippen molar-refractivity contribution in [3.63, 3.8) is 0 Å². The van der Waals surface area contributed by atoms with Gasteiger partial charge in [0.2, 0.25) is 0 Å². The van der Waals surface area contributed by atoms with Crippen LogP contribution in [0, 0.1) is 0 Å². The maximum absolute atomic E-state index is 5.94. The Balaban J connectivity index is 2.40. The van der Waals surface area contributed by atoms with Crippen LogP contribution in [-0.4, -0.2) is 24.1 Å². The van der Waals surface area contributed by atoms with Crippen LogP contribution in [0.15, 0.2) is 12.3 Å². The van der Waals surface area contributed by atoms with E-state index in [9.17, 15) is 0 Å². The van der Waals surface area contributed by atoms with Crippen molar-refractivity contribution in [2.45, 2.75) is 26.3 Å². The van der Waals surface area contributed by atoms with E-state index < -0.39 is 0 Å². The van der Waals surface area contributed by atoms with Gasteiger partial charge in [0.05, 0.1) is 10.7 Å². The average Bonchev–Trinajstić information content (AvgIpc) is 2.38. The standard InChI is InChI=1S/C11H16ClN3/c1-8(2)15-5-3-4-13-10-6-9(12)7-14-11(10)15/h6-8,13H,3-5H2,1-2H3. The SMILES string of the molecule is CC(C)N1CCCNc2cc(Cl)cnc21. The molecule has 0 radical (unpaired) electrons. The van der Waals surface area contributed by atoms with Crippen molar-refractivity contribution in [1.82, 2.24) is 4.98 Å². The third-order valence-electron chi connectivity index (χ3n) is 2.62. The van der Waals surface area contributed by atoms with Gasteiger partial charge in [-0.25, -0.2) is 4.98 Å². The maximum Gasteiger partial charge on any atom is 0.152 e. The fourth-order valence-electron chi connectivity index (χ4n) is 1.87. The van der Waals surface area contributed by atoms with Gasteiger partial charge in [0.15, 0.2) is 5.82 Å². The third-order valence-corrected chi connectivity index (χ3v) is 2.83. The van der Waals surface area contributed by atoms with Gasteiger partial charge in [-0.1, -0.05) is 11.6 Å². The average molecular weight is 226 g/mol. The molecule has 0 bridgehead atoms. The Bertz CT molecular complexity index is 352. The fourth-order valence-corrected chi connectivity index (χ4v) is 2.03. The van der Waals surface area contributed by atoms with E-state index in [0.29, 0.717) is 11.1 Å². The minimum atomic E-state index is 0.470. The lowest BCUT2D eigenvalue weighted by atomic mass is 10.3. The minimum Gasteiger partial charge on any atom is -0.382 e. The summed E-state index contributed by atoms with van der Waals surface area (Å²) in [6, 6.07) is 2.42. The van der Waals surface area contributed by atoms with Crippen LogP contribution in [0.2, 0.25) is 5.02 Å². The Morgan fingerprint density at radius 2 is 2.33 bits per heavy atom. The molecule has 0 unspecified atom stereocenters. The first-order chi connectivity index (χ1) is 7.18. The fraction of sp³-hybridized carbons (Fsp3) is 0.545. The second kappa shape index (κ2) is 4.27. The highest BCUT2D eigenvalue weighted by atomic mass is 35.5. The Morgan fingerprint density at radius 1 is 1.53 bits per heavy atom. The Morgan fingerprint density at radius 3 is 3.07 bits per heavy atom. The van der Waals surface area contributed by atoms with Crippen LogP contribution in [0.4, 0.5) is 11.5 Å². The number of nitrogens with one attached hydrogen (secondary N) is 1. The van der Waals surface area contributed by atoms with Gasteiger partial charge in [0, 0.05) is 25.3 Å². The van der Waals surface area contributed by atoms with E-state index in [1.165, 1.54) is 0 Å². The molecule has 0 fully saturated rings. The normalized spacial score (nSPS) is 15.9. The number of pyridine rings is 1. The quantitative estimate of drug-likeness (QED) is 0.797. The lowest BCUT2D eigenvalue weighted by molar-refractivity contribution is 0.665. The van der Waals surface area contributed by atoms with Crippen LogP contribution in [0.3, 0.4) is 0 Å². The molecule has 1 aliphatic rings. The summed E-state index contributed by atoms with van der Waals surface area (Å²) in [5.41, 5.74) is 1.05. The molecule has 0 aliphatic carbocycles. The van der Waals surface area contributed by atoms with Gasteiger partial charge in [-0.2, -0.15) is 0 Å². The number of hydrogen-bond donors (Lipinski definition) is 1. The molecule has 0 spiro atoms. The molecule has 4 heteroatoms. The molecule has 15 heavy (non-hydrogen) atoms. The van der Waals surface area contributed by atoms with E-state index in [-0.39, 0.29) is 0 Å². The summed E-state index contributed by atoms with van der Waals surface area (Å²) < 4.78 is 0. The molecule has 1 aromatic rings. The van der Waals surface area contributed by atoms with Crippen molar-refractivity contribution < 1.29 is 0 Å². The minimum absolute atomic E-state index is 0.470. The van der Waals surface area contributed by atoms with E-state index in [1.54, 1.807) is 6.20 Å². The largest absolute Gasteiger partial charge is 0.382 e. The van der Waals surface area contributed by atoms with Gasteiger partial charge < -0.3 is 10.2 Å².